The maximum atomic E-state index is 5.95. The second-order valence-corrected chi connectivity index (χ2v) is 6.93. The molecule has 0 aliphatic carbocycles. The summed E-state index contributed by atoms with van der Waals surface area (Å²) in [6, 6.07) is 8.24. The van der Waals surface area contributed by atoms with Gasteiger partial charge < -0.3 is 20.1 Å². The SMILES string of the molecule is CN=C(NCC(C)Oc1cccc(OC)c1)NCC1CN2CCN1CC2. The van der Waals surface area contributed by atoms with Crippen LogP contribution in [-0.4, -0.2) is 87.9 Å². The molecular formula is C19H31N5O2. The Balaban J connectivity index is 1.40. The van der Waals surface area contributed by atoms with Gasteiger partial charge in [0.15, 0.2) is 5.96 Å². The normalized spacial score (nSPS) is 26.3. The second-order valence-electron chi connectivity index (χ2n) is 6.93. The van der Waals surface area contributed by atoms with Crippen molar-refractivity contribution in [1.29, 1.82) is 0 Å². The predicted octanol–water partition coefficient (Wildman–Crippen LogP) is 0.627. The van der Waals surface area contributed by atoms with Crippen LogP contribution in [-0.2, 0) is 0 Å². The molecule has 1 aromatic rings. The molecule has 3 heterocycles. The van der Waals surface area contributed by atoms with Crippen LogP contribution in [0, 0.1) is 0 Å². The molecule has 7 nitrogen and oxygen atoms in total. The highest BCUT2D eigenvalue weighted by atomic mass is 16.5. The van der Waals surface area contributed by atoms with Crippen LogP contribution in [0.15, 0.2) is 29.3 Å². The second kappa shape index (κ2) is 9.09. The van der Waals surface area contributed by atoms with Crippen LogP contribution in [0.1, 0.15) is 6.92 Å². The van der Waals surface area contributed by atoms with Crippen LogP contribution < -0.4 is 20.1 Å². The van der Waals surface area contributed by atoms with Crippen molar-refractivity contribution >= 4 is 5.96 Å². The van der Waals surface area contributed by atoms with Gasteiger partial charge in [-0.05, 0) is 19.1 Å². The van der Waals surface area contributed by atoms with Gasteiger partial charge >= 0.3 is 0 Å². The number of aliphatic imine (C=N–C) groups is 1. The van der Waals surface area contributed by atoms with Crippen molar-refractivity contribution in [3.05, 3.63) is 24.3 Å². The predicted molar refractivity (Wildman–Crippen MR) is 104 cm³/mol. The molecule has 3 fully saturated rings. The van der Waals surface area contributed by atoms with Crippen LogP contribution in [0.25, 0.3) is 0 Å². The van der Waals surface area contributed by atoms with Gasteiger partial charge in [0.1, 0.15) is 17.6 Å². The number of hydrogen-bond acceptors (Lipinski definition) is 5. The summed E-state index contributed by atoms with van der Waals surface area (Å²) in [4.78, 5) is 9.45. The molecule has 3 aliphatic heterocycles. The van der Waals surface area contributed by atoms with Crippen molar-refractivity contribution in [2.75, 3.05) is 60.0 Å². The molecule has 0 aromatic heterocycles. The number of ether oxygens (including phenoxy) is 2. The van der Waals surface area contributed by atoms with Crippen molar-refractivity contribution in [2.24, 2.45) is 4.99 Å². The zero-order chi connectivity index (χ0) is 18.4. The summed E-state index contributed by atoms with van der Waals surface area (Å²) < 4.78 is 11.2. The third-order valence-electron chi connectivity index (χ3n) is 5.06. The van der Waals surface area contributed by atoms with Gasteiger partial charge in [0.05, 0.1) is 13.7 Å². The van der Waals surface area contributed by atoms with Crippen molar-refractivity contribution in [2.45, 2.75) is 19.1 Å². The number of guanidine groups is 1. The average Bonchev–Trinajstić information content (AvgIpc) is 2.69. The number of fused-ring (bicyclic) bond motifs is 3. The monoisotopic (exact) mass is 361 g/mol. The first-order chi connectivity index (χ1) is 12.7. The molecule has 2 unspecified atom stereocenters. The fraction of sp³-hybridized carbons (Fsp3) is 0.632. The number of methoxy groups -OCH3 is 1. The highest BCUT2D eigenvalue weighted by Crippen LogP contribution is 2.19. The summed E-state index contributed by atoms with van der Waals surface area (Å²) in [7, 11) is 3.46. The Kier molecular flexibility index (Phi) is 6.57. The van der Waals surface area contributed by atoms with Crippen molar-refractivity contribution in [3.8, 4) is 11.5 Å². The van der Waals surface area contributed by atoms with Crippen LogP contribution >= 0.6 is 0 Å². The van der Waals surface area contributed by atoms with Crippen LogP contribution in [0.3, 0.4) is 0 Å². The smallest absolute Gasteiger partial charge is 0.191 e. The lowest BCUT2D eigenvalue weighted by Gasteiger charge is -2.47. The molecule has 3 saturated heterocycles. The Bertz CT molecular complexity index is 601. The quantitative estimate of drug-likeness (QED) is 0.549. The lowest BCUT2D eigenvalue weighted by atomic mass is 10.1. The van der Waals surface area contributed by atoms with Gasteiger partial charge in [-0.3, -0.25) is 14.8 Å². The fourth-order valence-corrected chi connectivity index (χ4v) is 3.54. The van der Waals surface area contributed by atoms with Gasteiger partial charge in [-0.15, -0.1) is 0 Å². The van der Waals surface area contributed by atoms with Gasteiger partial charge in [0.2, 0.25) is 0 Å². The number of nitrogens with zero attached hydrogens (tertiary/aromatic N) is 3. The highest BCUT2D eigenvalue weighted by Gasteiger charge is 2.31. The molecule has 0 amide bonds. The van der Waals surface area contributed by atoms with E-state index in [0.717, 1.165) is 30.5 Å². The third-order valence-corrected chi connectivity index (χ3v) is 5.06. The number of benzene rings is 1. The number of piperazine rings is 3. The summed E-state index contributed by atoms with van der Waals surface area (Å²) in [5.41, 5.74) is 0. The molecule has 4 rings (SSSR count). The summed E-state index contributed by atoms with van der Waals surface area (Å²) in [5, 5.41) is 6.81. The molecule has 0 spiro atoms. The molecule has 3 aliphatic rings. The van der Waals surface area contributed by atoms with Crippen molar-refractivity contribution in [3.63, 3.8) is 0 Å². The zero-order valence-electron chi connectivity index (χ0n) is 16.1. The summed E-state index contributed by atoms with van der Waals surface area (Å²) in [5.74, 6) is 2.43. The molecule has 144 valence electrons. The minimum Gasteiger partial charge on any atom is -0.497 e. The number of nitrogens with one attached hydrogen (secondary N) is 2. The molecule has 0 radical (unpaired) electrons. The summed E-state index contributed by atoms with van der Waals surface area (Å²) in [6.07, 6.45) is 0.0150. The molecule has 2 bridgehead atoms. The lowest BCUT2D eigenvalue weighted by molar-refractivity contribution is 0.0154. The Morgan fingerprint density at radius 1 is 1.23 bits per heavy atom. The number of hydrogen-bond donors (Lipinski definition) is 2. The van der Waals surface area contributed by atoms with Gasteiger partial charge in [0, 0.05) is 58.4 Å². The maximum Gasteiger partial charge on any atom is 0.191 e. The Morgan fingerprint density at radius 3 is 2.65 bits per heavy atom. The van der Waals surface area contributed by atoms with E-state index in [4.69, 9.17) is 9.47 Å². The van der Waals surface area contributed by atoms with Crippen molar-refractivity contribution < 1.29 is 9.47 Å². The zero-order valence-corrected chi connectivity index (χ0v) is 16.1. The third kappa shape index (κ3) is 5.02. The van der Waals surface area contributed by atoms with E-state index in [1.165, 1.54) is 26.2 Å². The minimum atomic E-state index is 0.0150. The van der Waals surface area contributed by atoms with E-state index in [2.05, 4.69) is 25.4 Å². The first kappa shape index (κ1) is 18.8. The number of rotatable bonds is 7. The van der Waals surface area contributed by atoms with Crippen molar-refractivity contribution in [1.82, 2.24) is 20.4 Å². The molecule has 2 N–H and O–H groups in total. The molecular weight excluding hydrogens is 330 g/mol. The first-order valence-corrected chi connectivity index (χ1v) is 9.39. The summed E-state index contributed by atoms with van der Waals surface area (Å²) in [6.45, 7) is 9.58. The lowest BCUT2D eigenvalue weighted by Crippen LogP contribution is -2.64. The van der Waals surface area contributed by atoms with E-state index >= 15 is 0 Å². The van der Waals surface area contributed by atoms with E-state index in [-0.39, 0.29) is 6.10 Å². The fourth-order valence-electron chi connectivity index (χ4n) is 3.54. The Labute approximate surface area is 156 Å². The molecule has 7 heteroatoms. The van der Waals surface area contributed by atoms with E-state index in [9.17, 15) is 0 Å². The van der Waals surface area contributed by atoms with Crippen LogP contribution in [0.2, 0.25) is 0 Å². The van der Waals surface area contributed by atoms with Gasteiger partial charge in [0.25, 0.3) is 0 Å². The van der Waals surface area contributed by atoms with Crippen LogP contribution in [0.4, 0.5) is 0 Å². The minimum absolute atomic E-state index is 0.0150. The van der Waals surface area contributed by atoms with E-state index < -0.39 is 0 Å². The summed E-state index contributed by atoms with van der Waals surface area (Å²) >= 11 is 0. The molecule has 0 saturated carbocycles. The average molecular weight is 361 g/mol. The van der Waals surface area contributed by atoms with Gasteiger partial charge in [-0.25, -0.2) is 0 Å². The first-order valence-electron chi connectivity index (χ1n) is 9.39. The van der Waals surface area contributed by atoms with Gasteiger partial charge in [-0.2, -0.15) is 0 Å². The standard InChI is InChI=1S/C19H31N5O2/c1-15(26-18-6-4-5-17(11-18)25-3)12-21-19(20-2)22-13-16-14-23-7-9-24(16)10-8-23/h4-6,11,15-16H,7-10,12-14H2,1-3H3,(H2,20,21,22). The molecule has 2 atom stereocenters. The largest absolute Gasteiger partial charge is 0.497 e. The van der Waals surface area contributed by atoms with E-state index in [1.807, 2.05) is 31.2 Å². The van der Waals surface area contributed by atoms with Gasteiger partial charge in [-0.1, -0.05) is 6.07 Å². The van der Waals surface area contributed by atoms with E-state index in [0.29, 0.717) is 12.6 Å². The molecule has 1 aromatic carbocycles. The molecule has 26 heavy (non-hydrogen) atoms. The highest BCUT2D eigenvalue weighted by molar-refractivity contribution is 5.79. The van der Waals surface area contributed by atoms with Crippen LogP contribution in [0.5, 0.6) is 11.5 Å². The Morgan fingerprint density at radius 2 is 2.00 bits per heavy atom. The maximum absolute atomic E-state index is 5.95. The topological polar surface area (TPSA) is 61.4 Å². The Hall–Kier alpha value is -1.99. The van der Waals surface area contributed by atoms with E-state index in [1.54, 1.807) is 14.2 Å².